The first-order chi connectivity index (χ1) is 12.0. The maximum Gasteiger partial charge on any atom is 0.269 e. The van der Waals surface area contributed by atoms with Gasteiger partial charge in [-0.1, -0.05) is 18.7 Å². The predicted molar refractivity (Wildman–Crippen MR) is 96.6 cm³/mol. The SMILES string of the molecule is C=C(NNC(=O)c1cc(OC)c(OC)c(OC)c1)c1ccc(N)cc1. The van der Waals surface area contributed by atoms with Crippen LogP contribution in [0.15, 0.2) is 43.0 Å². The Morgan fingerprint density at radius 3 is 1.96 bits per heavy atom. The Morgan fingerprint density at radius 1 is 0.920 bits per heavy atom. The summed E-state index contributed by atoms with van der Waals surface area (Å²) in [6.07, 6.45) is 0. The van der Waals surface area contributed by atoms with E-state index < -0.39 is 0 Å². The van der Waals surface area contributed by atoms with Gasteiger partial charge in [0, 0.05) is 11.3 Å². The molecule has 0 aliphatic carbocycles. The number of nitrogens with one attached hydrogen (secondary N) is 2. The van der Waals surface area contributed by atoms with Gasteiger partial charge in [-0.2, -0.15) is 0 Å². The lowest BCUT2D eigenvalue weighted by atomic mass is 10.1. The molecule has 0 aliphatic heterocycles. The van der Waals surface area contributed by atoms with Gasteiger partial charge in [0.25, 0.3) is 5.91 Å². The molecule has 0 heterocycles. The van der Waals surface area contributed by atoms with E-state index >= 15 is 0 Å². The smallest absolute Gasteiger partial charge is 0.269 e. The van der Waals surface area contributed by atoms with E-state index in [4.69, 9.17) is 19.9 Å². The van der Waals surface area contributed by atoms with Crippen LogP contribution in [0, 0.1) is 0 Å². The highest BCUT2D eigenvalue weighted by Gasteiger charge is 2.17. The zero-order chi connectivity index (χ0) is 18.4. The number of carbonyl (C=O) groups is 1. The summed E-state index contributed by atoms with van der Waals surface area (Å²) in [6.45, 7) is 3.88. The molecular weight excluding hydrogens is 322 g/mol. The van der Waals surface area contributed by atoms with E-state index in [2.05, 4.69) is 17.4 Å². The van der Waals surface area contributed by atoms with Gasteiger partial charge >= 0.3 is 0 Å². The summed E-state index contributed by atoms with van der Waals surface area (Å²) in [6, 6.07) is 10.2. The first kappa shape index (κ1) is 18.0. The monoisotopic (exact) mass is 343 g/mol. The molecule has 7 heteroatoms. The van der Waals surface area contributed by atoms with Gasteiger partial charge in [-0.25, -0.2) is 0 Å². The molecule has 0 bridgehead atoms. The maximum atomic E-state index is 12.4. The number of rotatable bonds is 7. The summed E-state index contributed by atoms with van der Waals surface area (Å²) in [5, 5.41) is 0. The first-order valence-corrected chi connectivity index (χ1v) is 7.41. The fourth-order valence-corrected chi connectivity index (χ4v) is 2.17. The molecule has 0 atom stereocenters. The molecule has 7 nitrogen and oxygen atoms in total. The van der Waals surface area contributed by atoms with Crippen LogP contribution in [0.2, 0.25) is 0 Å². The highest BCUT2D eigenvalue weighted by Crippen LogP contribution is 2.38. The Labute approximate surface area is 146 Å². The molecule has 2 aromatic carbocycles. The predicted octanol–water partition coefficient (Wildman–Crippen LogP) is 2.20. The molecule has 0 unspecified atom stereocenters. The summed E-state index contributed by atoms with van der Waals surface area (Å²) in [4.78, 5) is 12.4. The van der Waals surface area contributed by atoms with Crippen LogP contribution in [0.3, 0.4) is 0 Å². The average Bonchev–Trinajstić information content (AvgIpc) is 2.64. The summed E-state index contributed by atoms with van der Waals surface area (Å²) >= 11 is 0. The number of benzene rings is 2. The maximum absolute atomic E-state index is 12.4. The van der Waals surface area contributed by atoms with Crippen molar-refractivity contribution in [1.82, 2.24) is 10.9 Å². The van der Waals surface area contributed by atoms with Gasteiger partial charge < -0.3 is 19.9 Å². The molecule has 2 aromatic rings. The van der Waals surface area contributed by atoms with E-state index in [0.717, 1.165) is 5.56 Å². The van der Waals surface area contributed by atoms with Crippen LogP contribution < -0.4 is 30.8 Å². The second kappa shape index (κ2) is 7.96. The number of methoxy groups -OCH3 is 3. The molecule has 1 amide bonds. The third-order valence-corrected chi connectivity index (χ3v) is 3.51. The van der Waals surface area contributed by atoms with E-state index in [9.17, 15) is 4.79 Å². The van der Waals surface area contributed by atoms with Crippen LogP contribution >= 0.6 is 0 Å². The molecule has 2 rings (SSSR count). The molecule has 0 spiro atoms. The summed E-state index contributed by atoms with van der Waals surface area (Å²) in [5.74, 6) is 0.824. The number of nitrogen functional groups attached to an aromatic ring is 1. The van der Waals surface area contributed by atoms with Gasteiger partial charge in [0.2, 0.25) is 5.75 Å². The Bertz CT molecular complexity index is 747. The van der Waals surface area contributed by atoms with Gasteiger partial charge in [0.05, 0.1) is 27.0 Å². The molecule has 0 saturated heterocycles. The third-order valence-electron chi connectivity index (χ3n) is 3.51. The first-order valence-electron chi connectivity index (χ1n) is 7.41. The number of amides is 1. The standard InChI is InChI=1S/C18H21N3O4/c1-11(12-5-7-14(19)8-6-12)20-21-18(22)13-9-15(23-2)17(25-4)16(10-13)24-3/h5-10,20H,1,19H2,2-4H3,(H,21,22). The summed E-state index contributed by atoms with van der Waals surface area (Å²) in [7, 11) is 4.47. The largest absolute Gasteiger partial charge is 0.493 e. The van der Waals surface area contributed by atoms with Crippen molar-refractivity contribution in [2.45, 2.75) is 0 Å². The number of hydrogen-bond donors (Lipinski definition) is 3. The number of carbonyl (C=O) groups excluding carboxylic acids is 1. The van der Waals surface area contributed by atoms with Gasteiger partial charge in [-0.05, 0) is 29.8 Å². The van der Waals surface area contributed by atoms with Gasteiger partial charge in [0.1, 0.15) is 0 Å². The Hall–Kier alpha value is -3.35. The van der Waals surface area contributed by atoms with E-state index in [1.807, 2.05) is 0 Å². The minimum Gasteiger partial charge on any atom is -0.493 e. The molecule has 0 saturated carbocycles. The van der Waals surface area contributed by atoms with Crippen molar-refractivity contribution in [2.75, 3.05) is 27.1 Å². The number of anilines is 1. The zero-order valence-corrected chi connectivity index (χ0v) is 14.4. The van der Waals surface area contributed by atoms with Gasteiger partial charge in [0.15, 0.2) is 11.5 Å². The fourth-order valence-electron chi connectivity index (χ4n) is 2.17. The molecule has 0 aromatic heterocycles. The third kappa shape index (κ3) is 4.14. The Morgan fingerprint density at radius 2 is 1.48 bits per heavy atom. The average molecular weight is 343 g/mol. The second-order valence-corrected chi connectivity index (χ2v) is 5.09. The van der Waals surface area contributed by atoms with Gasteiger partial charge in [-0.3, -0.25) is 15.6 Å². The fraction of sp³-hybridized carbons (Fsp3) is 0.167. The van der Waals surface area contributed by atoms with Crippen molar-refractivity contribution < 1.29 is 19.0 Å². The van der Waals surface area contributed by atoms with E-state index in [0.29, 0.717) is 34.2 Å². The molecule has 132 valence electrons. The van der Waals surface area contributed by atoms with Crippen molar-refractivity contribution in [1.29, 1.82) is 0 Å². The van der Waals surface area contributed by atoms with E-state index in [1.165, 1.54) is 21.3 Å². The molecule has 0 radical (unpaired) electrons. The number of hydrogen-bond acceptors (Lipinski definition) is 6. The topological polar surface area (TPSA) is 94.8 Å². The quantitative estimate of drug-likeness (QED) is 0.527. The van der Waals surface area contributed by atoms with Crippen molar-refractivity contribution in [3.05, 3.63) is 54.1 Å². The highest BCUT2D eigenvalue weighted by molar-refractivity contribution is 5.95. The number of ether oxygens (including phenoxy) is 3. The second-order valence-electron chi connectivity index (χ2n) is 5.09. The molecule has 4 N–H and O–H groups in total. The van der Waals surface area contributed by atoms with Crippen LogP contribution in [0.5, 0.6) is 17.2 Å². The normalized spacial score (nSPS) is 9.88. The van der Waals surface area contributed by atoms with Crippen LogP contribution in [0.4, 0.5) is 5.69 Å². The van der Waals surface area contributed by atoms with Crippen molar-refractivity contribution >= 4 is 17.3 Å². The summed E-state index contributed by atoms with van der Waals surface area (Å²) < 4.78 is 15.7. The van der Waals surface area contributed by atoms with Crippen LogP contribution in [0.1, 0.15) is 15.9 Å². The van der Waals surface area contributed by atoms with Gasteiger partial charge in [-0.15, -0.1) is 0 Å². The minimum atomic E-state index is -0.379. The van der Waals surface area contributed by atoms with Crippen LogP contribution in [-0.4, -0.2) is 27.2 Å². The van der Waals surface area contributed by atoms with E-state index in [-0.39, 0.29) is 5.91 Å². The number of hydrazine groups is 1. The van der Waals surface area contributed by atoms with Crippen LogP contribution in [-0.2, 0) is 0 Å². The minimum absolute atomic E-state index is 0.340. The van der Waals surface area contributed by atoms with Crippen molar-refractivity contribution in [2.24, 2.45) is 0 Å². The lowest BCUT2D eigenvalue weighted by molar-refractivity contribution is 0.0941. The molecule has 0 aliphatic rings. The lowest BCUT2D eigenvalue weighted by Gasteiger charge is -2.15. The zero-order valence-electron chi connectivity index (χ0n) is 14.4. The summed E-state index contributed by atoms with van der Waals surface area (Å²) in [5.41, 5.74) is 13.3. The number of nitrogens with two attached hydrogens (primary N) is 1. The van der Waals surface area contributed by atoms with Crippen molar-refractivity contribution in [3.63, 3.8) is 0 Å². The Balaban J connectivity index is 2.12. The Kier molecular flexibility index (Phi) is 5.73. The van der Waals surface area contributed by atoms with Crippen LogP contribution in [0.25, 0.3) is 5.70 Å². The van der Waals surface area contributed by atoms with Crippen molar-refractivity contribution in [3.8, 4) is 17.2 Å². The molecular formula is C18H21N3O4. The molecule has 0 fully saturated rings. The highest BCUT2D eigenvalue weighted by atomic mass is 16.5. The van der Waals surface area contributed by atoms with E-state index in [1.54, 1.807) is 36.4 Å². The lowest BCUT2D eigenvalue weighted by Crippen LogP contribution is -2.35. The molecule has 25 heavy (non-hydrogen) atoms.